The van der Waals surface area contributed by atoms with Crippen LogP contribution in [0.5, 0.6) is 0 Å². The van der Waals surface area contributed by atoms with E-state index in [0.717, 1.165) is 5.69 Å². The van der Waals surface area contributed by atoms with Gasteiger partial charge in [-0.1, -0.05) is 18.2 Å². The molecule has 0 amide bonds. The fourth-order valence-electron chi connectivity index (χ4n) is 0.624. The molecule has 0 aromatic heterocycles. The second kappa shape index (κ2) is 3.44. The standard InChI is InChI=1S/C6H9N2P/c9-8-7-6-4-2-1-3-5-6/h1-5,7-8H,9H2/p+1. The molecule has 1 atom stereocenters. The maximum atomic E-state index is 2.97. The van der Waals surface area contributed by atoms with E-state index < -0.39 is 0 Å². The summed E-state index contributed by atoms with van der Waals surface area (Å²) < 4.78 is 0. The van der Waals surface area contributed by atoms with Crippen molar-refractivity contribution in [3.63, 3.8) is 0 Å². The van der Waals surface area contributed by atoms with Crippen molar-refractivity contribution in [3.05, 3.63) is 30.3 Å². The van der Waals surface area contributed by atoms with Gasteiger partial charge in [0.25, 0.3) is 0 Å². The van der Waals surface area contributed by atoms with Crippen LogP contribution in [-0.4, -0.2) is 0 Å². The number of anilines is 1. The first-order valence-corrected chi connectivity index (χ1v) is 3.47. The highest BCUT2D eigenvalue weighted by atomic mass is 31.0. The van der Waals surface area contributed by atoms with Crippen molar-refractivity contribution in [1.29, 1.82) is 0 Å². The second-order valence-electron chi connectivity index (χ2n) is 1.67. The first kappa shape index (κ1) is 6.53. The van der Waals surface area contributed by atoms with Crippen LogP contribution in [0.15, 0.2) is 30.3 Å². The Hall–Kier alpha value is -0.590. The quantitative estimate of drug-likeness (QED) is 0.476. The highest BCUT2D eigenvalue weighted by Crippen LogP contribution is 2.02. The molecule has 1 unspecified atom stereocenters. The largest absolute Gasteiger partial charge is 0.292 e. The third kappa shape index (κ3) is 2.00. The fraction of sp³-hybridized carbons (Fsp3) is 0. The molecule has 1 aromatic carbocycles. The molecule has 0 fully saturated rings. The fourth-order valence-corrected chi connectivity index (χ4v) is 0.828. The van der Waals surface area contributed by atoms with Gasteiger partial charge in [-0.2, -0.15) is 0 Å². The lowest BCUT2D eigenvalue weighted by molar-refractivity contribution is 1.22. The smallest absolute Gasteiger partial charge is 0.0628 e. The Bertz CT molecular complexity index is 164. The molecule has 48 valence electrons. The first-order chi connectivity index (χ1) is 4.43. The molecule has 1 aromatic rings. The summed E-state index contributed by atoms with van der Waals surface area (Å²) in [6.45, 7) is 0. The van der Waals surface area contributed by atoms with Gasteiger partial charge in [-0.15, -0.1) is 5.20 Å². The van der Waals surface area contributed by atoms with E-state index in [1.165, 1.54) is 0 Å². The van der Waals surface area contributed by atoms with Crippen LogP contribution in [0.1, 0.15) is 0 Å². The Kier molecular flexibility index (Phi) is 2.49. The Morgan fingerprint density at radius 2 is 1.78 bits per heavy atom. The van der Waals surface area contributed by atoms with Crippen LogP contribution in [0.2, 0.25) is 0 Å². The SMILES string of the molecule is [PH3+]NNc1ccccc1. The number of nitrogens with one attached hydrogen (secondary N) is 2. The zero-order valence-electron chi connectivity index (χ0n) is 5.09. The maximum absolute atomic E-state index is 2.97. The number of hydrazine groups is 1. The van der Waals surface area contributed by atoms with Crippen molar-refractivity contribution in [2.24, 2.45) is 0 Å². The van der Waals surface area contributed by atoms with Crippen molar-refractivity contribution >= 4 is 15.1 Å². The molecule has 0 heterocycles. The van der Waals surface area contributed by atoms with Crippen LogP contribution in [0.4, 0.5) is 5.69 Å². The molecule has 0 aliphatic rings. The summed E-state index contributed by atoms with van der Waals surface area (Å²) in [4.78, 5) is 0. The molecular formula is C6H10N2P+. The number of benzene rings is 1. The molecular weight excluding hydrogens is 131 g/mol. The molecule has 2 nitrogen and oxygen atoms in total. The second-order valence-corrected chi connectivity index (χ2v) is 2.02. The van der Waals surface area contributed by atoms with E-state index >= 15 is 0 Å². The molecule has 2 N–H and O–H groups in total. The summed E-state index contributed by atoms with van der Waals surface area (Å²) in [7, 11) is 1.66. The van der Waals surface area contributed by atoms with Crippen molar-refractivity contribution < 1.29 is 0 Å². The van der Waals surface area contributed by atoms with Gasteiger partial charge >= 0.3 is 0 Å². The lowest BCUT2D eigenvalue weighted by Crippen LogP contribution is -2.06. The molecule has 3 heteroatoms. The van der Waals surface area contributed by atoms with Crippen LogP contribution < -0.4 is 10.6 Å². The van der Waals surface area contributed by atoms with Gasteiger partial charge in [0.1, 0.15) is 0 Å². The third-order valence-corrected chi connectivity index (χ3v) is 1.18. The molecule has 0 aliphatic heterocycles. The topological polar surface area (TPSA) is 24.1 Å². The summed E-state index contributed by atoms with van der Waals surface area (Å²) in [6, 6.07) is 9.97. The summed E-state index contributed by atoms with van der Waals surface area (Å²) in [6.07, 6.45) is 0. The minimum Gasteiger partial charge on any atom is -0.292 e. The predicted octanol–water partition coefficient (Wildman–Crippen LogP) is 1.13. The number of para-hydroxylation sites is 1. The lowest BCUT2D eigenvalue weighted by Gasteiger charge is -1.97. The van der Waals surface area contributed by atoms with Gasteiger partial charge in [0.15, 0.2) is 0 Å². The monoisotopic (exact) mass is 141 g/mol. The van der Waals surface area contributed by atoms with E-state index in [4.69, 9.17) is 0 Å². The molecule has 0 bridgehead atoms. The summed E-state index contributed by atoms with van der Waals surface area (Å²) in [5.74, 6) is 0. The van der Waals surface area contributed by atoms with Crippen molar-refractivity contribution in [3.8, 4) is 0 Å². The van der Waals surface area contributed by atoms with Crippen LogP contribution in [0.3, 0.4) is 0 Å². The van der Waals surface area contributed by atoms with E-state index in [-0.39, 0.29) is 0 Å². The van der Waals surface area contributed by atoms with E-state index in [2.05, 4.69) is 10.6 Å². The average molecular weight is 141 g/mol. The maximum Gasteiger partial charge on any atom is 0.0628 e. The number of hydrogen-bond acceptors (Lipinski definition) is 2. The van der Waals surface area contributed by atoms with Crippen molar-refractivity contribution in [1.82, 2.24) is 5.20 Å². The zero-order valence-corrected chi connectivity index (χ0v) is 6.51. The Morgan fingerprint density at radius 1 is 1.11 bits per heavy atom. The summed E-state index contributed by atoms with van der Waals surface area (Å²) >= 11 is 0. The molecule has 0 saturated heterocycles. The molecule has 0 radical (unpaired) electrons. The van der Waals surface area contributed by atoms with Crippen molar-refractivity contribution in [2.45, 2.75) is 0 Å². The molecule has 9 heavy (non-hydrogen) atoms. The van der Waals surface area contributed by atoms with Gasteiger partial charge in [0, 0.05) is 0 Å². The average Bonchev–Trinajstić information content (AvgIpc) is 1.91. The van der Waals surface area contributed by atoms with Gasteiger partial charge in [0.05, 0.1) is 15.1 Å². The first-order valence-electron chi connectivity index (χ1n) is 2.76. The minimum absolute atomic E-state index is 1.09. The minimum atomic E-state index is 1.09. The van der Waals surface area contributed by atoms with E-state index in [0.29, 0.717) is 0 Å². The Morgan fingerprint density at radius 3 is 2.33 bits per heavy atom. The Balaban J connectivity index is 2.61. The summed E-state index contributed by atoms with van der Waals surface area (Å²) in [5, 5.41) is 2.86. The molecule has 0 aliphatic carbocycles. The Labute approximate surface area is 56.9 Å². The van der Waals surface area contributed by atoms with Crippen LogP contribution in [0, 0.1) is 0 Å². The van der Waals surface area contributed by atoms with E-state index in [1.807, 2.05) is 30.3 Å². The van der Waals surface area contributed by atoms with Crippen LogP contribution >= 0.6 is 9.39 Å². The number of rotatable bonds is 2. The van der Waals surface area contributed by atoms with Crippen molar-refractivity contribution in [2.75, 3.05) is 5.43 Å². The predicted molar refractivity (Wildman–Crippen MR) is 44.3 cm³/mol. The van der Waals surface area contributed by atoms with Gasteiger partial charge < -0.3 is 0 Å². The highest BCUT2D eigenvalue weighted by molar-refractivity contribution is 7.13. The zero-order chi connectivity index (χ0) is 6.53. The normalized spacial score (nSPS) is 9.33. The van der Waals surface area contributed by atoms with Gasteiger partial charge in [0.2, 0.25) is 0 Å². The number of hydrogen-bond donors (Lipinski definition) is 2. The summed E-state index contributed by atoms with van der Waals surface area (Å²) in [5.41, 5.74) is 4.06. The highest BCUT2D eigenvalue weighted by Gasteiger charge is 1.82. The molecule has 0 spiro atoms. The van der Waals surface area contributed by atoms with E-state index in [9.17, 15) is 0 Å². The molecule has 1 rings (SSSR count). The van der Waals surface area contributed by atoms with Crippen LogP contribution in [0.25, 0.3) is 0 Å². The van der Waals surface area contributed by atoms with Gasteiger partial charge in [-0.3, -0.25) is 5.43 Å². The molecule has 0 saturated carbocycles. The third-order valence-electron chi connectivity index (χ3n) is 1.01. The van der Waals surface area contributed by atoms with Gasteiger partial charge in [-0.25, -0.2) is 0 Å². The van der Waals surface area contributed by atoms with E-state index in [1.54, 1.807) is 9.39 Å². The van der Waals surface area contributed by atoms with Gasteiger partial charge in [-0.05, 0) is 12.1 Å². The van der Waals surface area contributed by atoms with Crippen LogP contribution in [-0.2, 0) is 0 Å². The lowest BCUT2D eigenvalue weighted by atomic mass is 10.3.